The Morgan fingerprint density at radius 2 is 2.06 bits per heavy atom. The van der Waals surface area contributed by atoms with Gasteiger partial charge in [0.05, 0.1) is 31.0 Å². The van der Waals surface area contributed by atoms with Gasteiger partial charge in [-0.15, -0.1) is 0 Å². The van der Waals surface area contributed by atoms with Gasteiger partial charge in [-0.05, 0) is 43.2 Å². The van der Waals surface area contributed by atoms with Crippen LogP contribution in [0.15, 0.2) is 12.1 Å². The van der Waals surface area contributed by atoms with Crippen LogP contribution >= 0.6 is 0 Å². The molecule has 186 valence electrons. The lowest BCUT2D eigenvalue weighted by Gasteiger charge is -2.37. The van der Waals surface area contributed by atoms with Gasteiger partial charge >= 0.3 is 0 Å². The third-order valence-corrected chi connectivity index (χ3v) is 7.30. The van der Waals surface area contributed by atoms with Gasteiger partial charge in [-0.3, -0.25) is 14.8 Å². The van der Waals surface area contributed by atoms with E-state index in [-0.39, 0.29) is 23.4 Å². The van der Waals surface area contributed by atoms with Crippen molar-refractivity contribution in [3.63, 3.8) is 0 Å². The largest absolute Gasteiger partial charge is 0.379 e. The first-order chi connectivity index (χ1) is 16.2. The quantitative estimate of drug-likeness (QED) is 0.640. The summed E-state index contributed by atoms with van der Waals surface area (Å²) in [6, 6.07) is 2.16. The number of aryl methyl sites for hydroxylation is 1. The molecule has 1 unspecified atom stereocenters. The first-order valence-electron chi connectivity index (χ1n) is 12.7. The maximum absolute atomic E-state index is 13.4. The number of fused-ring (bicyclic) bond motifs is 1. The lowest BCUT2D eigenvalue weighted by Crippen LogP contribution is -2.53. The van der Waals surface area contributed by atoms with Crippen molar-refractivity contribution in [2.24, 2.45) is 5.41 Å². The molecule has 1 fully saturated rings. The highest BCUT2D eigenvalue weighted by Gasteiger charge is 2.32. The Morgan fingerprint density at radius 3 is 2.74 bits per heavy atom. The molecular formula is C27H41N5O2. The molecule has 1 saturated heterocycles. The van der Waals surface area contributed by atoms with Crippen molar-refractivity contribution < 1.29 is 9.53 Å². The number of aromatic nitrogens is 3. The molecule has 0 spiro atoms. The van der Waals surface area contributed by atoms with Crippen LogP contribution in [0.5, 0.6) is 0 Å². The van der Waals surface area contributed by atoms with Crippen molar-refractivity contribution in [1.82, 2.24) is 25.0 Å². The van der Waals surface area contributed by atoms with Crippen LogP contribution in [0.1, 0.15) is 63.1 Å². The minimum absolute atomic E-state index is 0.0443. The maximum atomic E-state index is 13.4. The van der Waals surface area contributed by atoms with Gasteiger partial charge in [0.15, 0.2) is 0 Å². The van der Waals surface area contributed by atoms with Crippen LogP contribution in [0.3, 0.4) is 0 Å². The van der Waals surface area contributed by atoms with Crippen LogP contribution in [-0.2, 0) is 22.4 Å². The van der Waals surface area contributed by atoms with Crippen molar-refractivity contribution in [3.8, 4) is 11.4 Å². The topological polar surface area (TPSA) is 77.2 Å². The summed E-state index contributed by atoms with van der Waals surface area (Å²) in [5.74, 6) is 0.196. The highest BCUT2D eigenvalue weighted by atomic mass is 16.5. The summed E-state index contributed by atoms with van der Waals surface area (Å²) in [5.41, 5.74) is 7.14. The van der Waals surface area contributed by atoms with Gasteiger partial charge in [-0.25, -0.2) is 0 Å². The molecule has 2 aromatic heterocycles. The number of likely N-dealkylation sites (N-methyl/N-ethyl adjacent to an activating group) is 1. The molecule has 0 radical (unpaired) electrons. The van der Waals surface area contributed by atoms with Crippen molar-refractivity contribution in [3.05, 3.63) is 34.7 Å². The Balaban J connectivity index is 1.48. The highest BCUT2D eigenvalue weighted by molar-refractivity contribution is 5.82. The maximum Gasteiger partial charge on any atom is 0.240 e. The number of hydrogen-bond donors (Lipinski definition) is 2. The van der Waals surface area contributed by atoms with E-state index in [1.807, 2.05) is 11.9 Å². The zero-order valence-corrected chi connectivity index (χ0v) is 21.7. The molecule has 2 atom stereocenters. The molecule has 1 amide bonds. The van der Waals surface area contributed by atoms with E-state index in [9.17, 15) is 4.79 Å². The Bertz CT molecular complexity index is 1020. The van der Waals surface area contributed by atoms with E-state index in [4.69, 9.17) is 4.74 Å². The number of nitrogens with zero attached hydrogens (tertiary/aromatic N) is 3. The number of amides is 1. The van der Waals surface area contributed by atoms with Crippen molar-refractivity contribution in [2.75, 3.05) is 33.4 Å². The molecule has 7 nitrogen and oxygen atoms in total. The van der Waals surface area contributed by atoms with Gasteiger partial charge in [0.2, 0.25) is 5.91 Å². The summed E-state index contributed by atoms with van der Waals surface area (Å²) in [4.78, 5) is 21.2. The van der Waals surface area contributed by atoms with Gasteiger partial charge in [-0.1, -0.05) is 39.8 Å². The average molecular weight is 468 g/mol. The number of carbonyl (C=O) groups is 1. The van der Waals surface area contributed by atoms with Crippen molar-refractivity contribution in [2.45, 2.75) is 72.4 Å². The van der Waals surface area contributed by atoms with Gasteiger partial charge in [0.25, 0.3) is 0 Å². The van der Waals surface area contributed by atoms with Gasteiger partial charge in [0.1, 0.15) is 5.69 Å². The van der Waals surface area contributed by atoms with E-state index in [1.54, 1.807) is 0 Å². The van der Waals surface area contributed by atoms with Gasteiger partial charge < -0.3 is 14.6 Å². The molecule has 2 aromatic rings. The number of aromatic amines is 2. The molecule has 2 N–H and O–H groups in total. The number of ether oxygens (including phenoxy) is 1. The predicted octanol–water partition coefficient (Wildman–Crippen LogP) is 4.20. The lowest BCUT2D eigenvalue weighted by atomic mass is 9.88. The van der Waals surface area contributed by atoms with E-state index in [0.717, 1.165) is 55.9 Å². The molecule has 34 heavy (non-hydrogen) atoms. The third-order valence-electron chi connectivity index (χ3n) is 7.30. The normalized spacial score (nSPS) is 19.8. The summed E-state index contributed by atoms with van der Waals surface area (Å²) in [6.07, 6.45) is 8.02. The fourth-order valence-corrected chi connectivity index (χ4v) is 5.07. The fourth-order valence-electron chi connectivity index (χ4n) is 5.07. The molecule has 0 aromatic carbocycles. The number of carbonyl (C=O) groups excluding carboxylic acids is 1. The summed E-state index contributed by atoms with van der Waals surface area (Å²) in [5, 5.41) is 7.83. The summed E-state index contributed by atoms with van der Waals surface area (Å²) in [6.45, 7) is 14.1. The van der Waals surface area contributed by atoms with E-state index >= 15 is 0 Å². The van der Waals surface area contributed by atoms with Crippen molar-refractivity contribution >= 4 is 12.0 Å². The molecular weight excluding hydrogens is 426 g/mol. The van der Waals surface area contributed by atoms with Crippen molar-refractivity contribution in [1.29, 1.82) is 0 Å². The summed E-state index contributed by atoms with van der Waals surface area (Å²) in [7, 11) is 1.94. The third kappa shape index (κ3) is 5.31. The van der Waals surface area contributed by atoms with E-state index in [2.05, 4.69) is 72.9 Å². The molecule has 1 aliphatic carbocycles. The van der Waals surface area contributed by atoms with E-state index < -0.39 is 0 Å². The summed E-state index contributed by atoms with van der Waals surface area (Å²) >= 11 is 0. The van der Waals surface area contributed by atoms with E-state index in [0.29, 0.717) is 13.2 Å². The SMILES string of the molecule is CC[C@H](C(=O)N(C)C1C=Cc2cc(-c3n[nH]c(C)c3CCC(C)(C)C)[nH]c2C1)N1CCOCC1. The van der Waals surface area contributed by atoms with E-state index in [1.165, 1.54) is 16.8 Å². The number of nitrogens with one attached hydrogen (secondary N) is 2. The predicted molar refractivity (Wildman–Crippen MR) is 137 cm³/mol. The monoisotopic (exact) mass is 467 g/mol. The Morgan fingerprint density at radius 1 is 1.32 bits per heavy atom. The lowest BCUT2D eigenvalue weighted by molar-refractivity contribution is -0.138. The fraction of sp³-hybridized carbons (Fsp3) is 0.630. The first kappa shape index (κ1) is 24.7. The van der Waals surface area contributed by atoms with Crippen LogP contribution < -0.4 is 0 Å². The van der Waals surface area contributed by atoms with Crippen LogP contribution in [0.2, 0.25) is 0 Å². The Hall–Kier alpha value is -2.38. The Kier molecular flexibility index (Phi) is 7.33. The zero-order chi connectivity index (χ0) is 24.5. The van der Waals surface area contributed by atoms with Crippen LogP contribution in [0.4, 0.5) is 0 Å². The molecule has 1 aliphatic heterocycles. The number of rotatable bonds is 7. The van der Waals surface area contributed by atoms with Crippen LogP contribution in [0.25, 0.3) is 17.5 Å². The highest BCUT2D eigenvalue weighted by Crippen LogP contribution is 2.32. The second-order valence-corrected chi connectivity index (χ2v) is 11.0. The van der Waals surface area contributed by atoms with Crippen LogP contribution in [0, 0.1) is 12.3 Å². The molecule has 0 bridgehead atoms. The molecule has 7 heteroatoms. The molecule has 3 heterocycles. The standard InChI is InChI=1S/C27H41N5O2/c1-7-24(32-12-14-34-15-13-32)26(33)31(6)20-9-8-19-16-23(28-22(19)17-20)25-21(18(2)29-30-25)10-11-27(3,4)5/h8-9,16,20,24,28H,7,10-15,17H2,1-6H3,(H,29,30)/t20?,24-/m1/s1. The number of hydrogen-bond acceptors (Lipinski definition) is 4. The van der Waals surface area contributed by atoms with Crippen LogP contribution in [-0.4, -0.2) is 76.3 Å². The first-order valence-corrected chi connectivity index (χ1v) is 12.7. The Labute approximate surface area is 203 Å². The summed E-state index contributed by atoms with van der Waals surface area (Å²) < 4.78 is 5.48. The minimum Gasteiger partial charge on any atom is -0.379 e. The van der Waals surface area contributed by atoms with Gasteiger partial charge in [0, 0.05) is 43.5 Å². The smallest absolute Gasteiger partial charge is 0.240 e. The number of morpholine rings is 1. The van der Waals surface area contributed by atoms with Gasteiger partial charge in [-0.2, -0.15) is 5.10 Å². The minimum atomic E-state index is -0.0831. The molecule has 4 rings (SSSR count). The second-order valence-electron chi connectivity index (χ2n) is 11.0. The second kappa shape index (κ2) is 10.1. The molecule has 2 aliphatic rings. The molecule has 0 saturated carbocycles. The zero-order valence-electron chi connectivity index (χ0n) is 21.7. The average Bonchev–Trinajstić information content (AvgIpc) is 3.40. The number of H-pyrrole nitrogens is 2.